The zero-order valence-corrected chi connectivity index (χ0v) is 8.77. The van der Waals surface area contributed by atoms with Crippen LogP contribution in [0, 0.1) is 6.92 Å². The van der Waals surface area contributed by atoms with Gasteiger partial charge in [0.25, 0.3) is 0 Å². The van der Waals surface area contributed by atoms with Crippen LogP contribution in [0.15, 0.2) is 18.2 Å². The highest BCUT2D eigenvalue weighted by molar-refractivity contribution is 5.87. The second-order valence-electron chi connectivity index (χ2n) is 3.62. The number of nitrogens with two attached hydrogens (primary N) is 1. The Labute approximate surface area is 88.3 Å². The standard InChI is InChI=1S/C11H15N3O/c1-8-11-9(4-2-5-10(11)15)13-14(8)7-3-6-12/h2,4-5,15H,3,6-7,12H2,1H3. The predicted octanol–water partition coefficient (Wildman–Crippen LogP) is 1.40. The summed E-state index contributed by atoms with van der Waals surface area (Å²) in [5.41, 5.74) is 7.29. The first kappa shape index (κ1) is 9.98. The summed E-state index contributed by atoms with van der Waals surface area (Å²) in [5, 5.41) is 15.0. The van der Waals surface area contributed by atoms with E-state index >= 15 is 0 Å². The number of hydrogen-bond acceptors (Lipinski definition) is 3. The van der Waals surface area contributed by atoms with Crippen molar-refractivity contribution in [2.75, 3.05) is 6.54 Å². The van der Waals surface area contributed by atoms with Crippen molar-refractivity contribution in [3.8, 4) is 5.75 Å². The molecule has 0 atom stereocenters. The lowest BCUT2D eigenvalue weighted by atomic mass is 10.2. The summed E-state index contributed by atoms with van der Waals surface area (Å²) in [5.74, 6) is 0.295. The molecule has 4 heteroatoms. The predicted molar refractivity (Wildman–Crippen MR) is 59.8 cm³/mol. The number of fused-ring (bicyclic) bond motifs is 1. The number of aromatic nitrogens is 2. The zero-order valence-electron chi connectivity index (χ0n) is 8.77. The molecule has 0 aliphatic rings. The molecule has 4 nitrogen and oxygen atoms in total. The van der Waals surface area contributed by atoms with Crippen molar-refractivity contribution in [2.45, 2.75) is 19.9 Å². The minimum Gasteiger partial charge on any atom is -0.507 e. The smallest absolute Gasteiger partial charge is 0.126 e. The number of benzene rings is 1. The minimum absolute atomic E-state index is 0.295. The molecule has 80 valence electrons. The van der Waals surface area contributed by atoms with E-state index in [1.165, 1.54) is 0 Å². The fourth-order valence-electron chi connectivity index (χ4n) is 1.78. The third-order valence-corrected chi connectivity index (χ3v) is 2.57. The fourth-order valence-corrected chi connectivity index (χ4v) is 1.78. The van der Waals surface area contributed by atoms with E-state index in [-0.39, 0.29) is 0 Å². The maximum Gasteiger partial charge on any atom is 0.126 e. The van der Waals surface area contributed by atoms with Crippen molar-refractivity contribution in [3.63, 3.8) is 0 Å². The Bertz CT molecular complexity index is 476. The van der Waals surface area contributed by atoms with Gasteiger partial charge in [0, 0.05) is 12.2 Å². The number of aryl methyl sites for hydroxylation is 2. The van der Waals surface area contributed by atoms with E-state index < -0.39 is 0 Å². The first-order valence-corrected chi connectivity index (χ1v) is 5.09. The van der Waals surface area contributed by atoms with Crippen molar-refractivity contribution in [2.24, 2.45) is 5.73 Å². The lowest BCUT2D eigenvalue weighted by Crippen LogP contribution is -2.07. The summed E-state index contributed by atoms with van der Waals surface area (Å²) in [6, 6.07) is 5.39. The Morgan fingerprint density at radius 3 is 2.93 bits per heavy atom. The maximum atomic E-state index is 9.71. The highest BCUT2D eigenvalue weighted by Crippen LogP contribution is 2.26. The van der Waals surface area contributed by atoms with Crippen LogP contribution >= 0.6 is 0 Å². The van der Waals surface area contributed by atoms with Gasteiger partial charge >= 0.3 is 0 Å². The number of rotatable bonds is 3. The molecule has 0 unspecified atom stereocenters. The first-order chi connectivity index (χ1) is 7.24. The second-order valence-corrected chi connectivity index (χ2v) is 3.62. The highest BCUT2D eigenvalue weighted by atomic mass is 16.3. The van der Waals surface area contributed by atoms with E-state index in [9.17, 15) is 5.11 Å². The third kappa shape index (κ3) is 1.68. The summed E-state index contributed by atoms with van der Waals surface area (Å²) < 4.78 is 1.90. The monoisotopic (exact) mass is 205 g/mol. The van der Waals surface area contributed by atoms with Crippen LogP contribution in [0.2, 0.25) is 0 Å². The van der Waals surface area contributed by atoms with Gasteiger partial charge in [-0.1, -0.05) is 6.07 Å². The molecule has 0 spiro atoms. The average Bonchev–Trinajstić information content (AvgIpc) is 2.54. The van der Waals surface area contributed by atoms with Gasteiger partial charge in [0.1, 0.15) is 5.75 Å². The Hall–Kier alpha value is -1.55. The third-order valence-electron chi connectivity index (χ3n) is 2.57. The molecule has 0 aliphatic heterocycles. The summed E-state index contributed by atoms with van der Waals surface area (Å²) in [7, 11) is 0. The molecule has 0 radical (unpaired) electrons. The van der Waals surface area contributed by atoms with E-state index in [4.69, 9.17) is 5.73 Å². The average molecular weight is 205 g/mol. The molecule has 0 saturated heterocycles. The van der Waals surface area contributed by atoms with Gasteiger partial charge in [-0.25, -0.2) is 0 Å². The van der Waals surface area contributed by atoms with Crippen LogP contribution in [0.25, 0.3) is 10.9 Å². The van der Waals surface area contributed by atoms with Gasteiger partial charge in [-0.15, -0.1) is 0 Å². The number of aromatic hydroxyl groups is 1. The largest absolute Gasteiger partial charge is 0.507 e. The van der Waals surface area contributed by atoms with Crippen LogP contribution in [0.3, 0.4) is 0 Å². The first-order valence-electron chi connectivity index (χ1n) is 5.09. The van der Waals surface area contributed by atoms with Crippen molar-refractivity contribution in [1.29, 1.82) is 0 Å². The molecule has 15 heavy (non-hydrogen) atoms. The molecular formula is C11H15N3O. The number of phenols is 1. The Morgan fingerprint density at radius 2 is 2.27 bits per heavy atom. The van der Waals surface area contributed by atoms with E-state index in [1.54, 1.807) is 12.1 Å². The van der Waals surface area contributed by atoms with Crippen LogP contribution in [0.4, 0.5) is 0 Å². The summed E-state index contributed by atoms with van der Waals surface area (Å²) >= 11 is 0. The van der Waals surface area contributed by atoms with Crippen LogP contribution in [-0.4, -0.2) is 21.4 Å². The summed E-state index contributed by atoms with van der Waals surface area (Å²) in [6.45, 7) is 3.42. The SMILES string of the molecule is Cc1c2c(O)cccc2nn1CCCN. The Morgan fingerprint density at radius 1 is 1.47 bits per heavy atom. The molecule has 0 bridgehead atoms. The molecule has 0 saturated carbocycles. The van der Waals surface area contributed by atoms with Crippen molar-refractivity contribution >= 4 is 10.9 Å². The van der Waals surface area contributed by atoms with Crippen LogP contribution in [0.5, 0.6) is 5.75 Å². The molecule has 0 fully saturated rings. The van der Waals surface area contributed by atoms with Gasteiger partial charge in [0.2, 0.25) is 0 Å². The summed E-state index contributed by atoms with van der Waals surface area (Å²) in [4.78, 5) is 0. The van der Waals surface area contributed by atoms with E-state index in [0.717, 1.165) is 29.6 Å². The van der Waals surface area contributed by atoms with Crippen molar-refractivity contribution in [3.05, 3.63) is 23.9 Å². The summed E-state index contributed by atoms with van der Waals surface area (Å²) in [6.07, 6.45) is 0.898. The number of phenolic OH excluding ortho intramolecular Hbond substituents is 1. The molecule has 1 aromatic heterocycles. The Kier molecular flexibility index (Phi) is 2.60. The molecule has 2 rings (SSSR count). The van der Waals surface area contributed by atoms with Gasteiger partial charge in [-0.2, -0.15) is 5.10 Å². The van der Waals surface area contributed by atoms with Crippen LogP contribution in [-0.2, 0) is 6.54 Å². The normalized spacial score (nSPS) is 11.1. The van der Waals surface area contributed by atoms with Gasteiger partial charge in [0.15, 0.2) is 0 Å². The lowest BCUT2D eigenvalue weighted by molar-refractivity contribution is 0.481. The quantitative estimate of drug-likeness (QED) is 0.796. The fraction of sp³-hybridized carbons (Fsp3) is 0.364. The number of hydrogen-bond donors (Lipinski definition) is 2. The lowest BCUT2D eigenvalue weighted by Gasteiger charge is -2.01. The molecule has 1 aromatic carbocycles. The molecule has 0 aliphatic carbocycles. The maximum absolute atomic E-state index is 9.71. The van der Waals surface area contributed by atoms with Gasteiger partial charge in [0.05, 0.1) is 10.9 Å². The minimum atomic E-state index is 0.295. The topological polar surface area (TPSA) is 64.1 Å². The molecule has 2 aromatic rings. The highest BCUT2D eigenvalue weighted by Gasteiger charge is 2.09. The van der Waals surface area contributed by atoms with E-state index in [2.05, 4.69) is 5.10 Å². The van der Waals surface area contributed by atoms with E-state index in [0.29, 0.717) is 12.3 Å². The Balaban J connectivity index is 2.50. The molecule has 0 amide bonds. The van der Waals surface area contributed by atoms with E-state index in [1.807, 2.05) is 17.7 Å². The number of nitrogens with zero attached hydrogens (tertiary/aromatic N) is 2. The van der Waals surface area contributed by atoms with Crippen LogP contribution in [0.1, 0.15) is 12.1 Å². The van der Waals surface area contributed by atoms with Gasteiger partial charge < -0.3 is 10.8 Å². The molecule has 3 N–H and O–H groups in total. The zero-order chi connectivity index (χ0) is 10.8. The van der Waals surface area contributed by atoms with Crippen molar-refractivity contribution in [1.82, 2.24) is 9.78 Å². The van der Waals surface area contributed by atoms with Crippen LogP contribution < -0.4 is 5.73 Å². The molecular weight excluding hydrogens is 190 g/mol. The second kappa shape index (κ2) is 3.90. The molecule has 1 heterocycles. The van der Waals surface area contributed by atoms with Crippen molar-refractivity contribution < 1.29 is 5.11 Å². The van der Waals surface area contributed by atoms with Gasteiger partial charge in [-0.3, -0.25) is 4.68 Å². The van der Waals surface area contributed by atoms with Gasteiger partial charge in [-0.05, 0) is 32.0 Å².